The smallest absolute Gasteiger partial charge is 0.191 e. The number of halogens is 1. The average molecular weight is 318 g/mol. The molecule has 1 saturated carbocycles. The molecule has 1 atom stereocenters. The second-order valence-electron chi connectivity index (χ2n) is 6.84. The Balaban J connectivity index is 1.53. The van der Waals surface area contributed by atoms with Gasteiger partial charge in [-0.25, -0.2) is 4.39 Å². The van der Waals surface area contributed by atoms with E-state index in [-0.39, 0.29) is 11.2 Å². The van der Waals surface area contributed by atoms with Gasteiger partial charge in [-0.3, -0.25) is 4.99 Å². The molecule has 2 aliphatic rings. The van der Waals surface area contributed by atoms with E-state index in [4.69, 9.17) is 0 Å². The average Bonchev–Trinajstić information content (AvgIpc) is 3.23. The molecule has 1 aromatic rings. The third kappa shape index (κ3) is 3.66. The topological polar surface area (TPSA) is 39.7 Å². The van der Waals surface area contributed by atoms with Gasteiger partial charge in [-0.1, -0.05) is 18.2 Å². The minimum Gasteiger partial charge on any atom is -0.356 e. The first-order chi connectivity index (χ1) is 11.1. The first-order valence-corrected chi connectivity index (χ1v) is 8.54. The molecule has 1 heterocycles. The number of rotatable bonds is 5. The van der Waals surface area contributed by atoms with Crippen molar-refractivity contribution in [2.45, 2.75) is 37.1 Å². The van der Waals surface area contributed by atoms with Crippen molar-refractivity contribution in [2.24, 2.45) is 4.99 Å². The lowest BCUT2D eigenvalue weighted by atomic mass is 9.95. The van der Waals surface area contributed by atoms with Crippen molar-refractivity contribution in [1.82, 2.24) is 15.5 Å². The van der Waals surface area contributed by atoms with E-state index in [0.29, 0.717) is 6.04 Å². The van der Waals surface area contributed by atoms with Gasteiger partial charge in [-0.15, -0.1) is 0 Å². The normalized spacial score (nSPS) is 23.8. The molecule has 23 heavy (non-hydrogen) atoms. The molecule has 0 spiro atoms. The first-order valence-electron chi connectivity index (χ1n) is 8.54. The van der Waals surface area contributed by atoms with Crippen LogP contribution in [0, 0.1) is 5.82 Å². The Bertz CT molecular complexity index is 568. The number of likely N-dealkylation sites (N-methyl/N-ethyl adjacent to an activating group) is 1. The van der Waals surface area contributed by atoms with E-state index in [2.05, 4.69) is 27.6 Å². The highest BCUT2D eigenvalue weighted by Crippen LogP contribution is 2.48. The second kappa shape index (κ2) is 6.87. The number of benzene rings is 1. The maximum atomic E-state index is 14.0. The van der Waals surface area contributed by atoms with Crippen LogP contribution in [0.4, 0.5) is 4.39 Å². The van der Waals surface area contributed by atoms with Crippen molar-refractivity contribution in [2.75, 3.05) is 33.7 Å². The third-order valence-corrected chi connectivity index (χ3v) is 5.29. The summed E-state index contributed by atoms with van der Waals surface area (Å²) >= 11 is 0. The fraction of sp³-hybridized carbons (Fsp3) is 0.611. The van der Waals surface area contributed by atoms with Crippen molar-refractivity contribution in [1.29, 1.82) is 0 Å². The zero-order valence-electron chi connectivity index (χ0n) is 14.1. The summed E-state index contributed by atoms with van der Waals surface area (Å²) in [6.07, 6.45) is 4.57. The molecule has 1 aliphatic heterocycles. The summed E-state index contributed by atoms with van der Waals surface area (Å²) in [5.41, 5.74) is 0.770. The lowest BCUT2D eigenvalue weighted by Gasteiger charge is -2.23. The highest BCUT2D eigenvalue weighted by Gasteiger charge is 2.45. The largest absolute Gasteiger partial charge is 0.356 e. The lowest BCUT2D eigenvalue weighted by Crippen LogP contribution is -2.46. The fourth-order valence-electron chi connectivity index (χ4n) is 3.51. The van der Waals surface area contributed by atoms with Crippen LogP contribution in [0.1, 0.15) is 31.2 Å². The highest BCUT2D eigenvalue weighted by atomic mass is 19.1. The van der Waals surface area contributed by atoms with Crippen LogP contribution in [-0.2, 0) is 5.41 Å². The quantitative estimate of drug-likeness (QED) is 0.645. The van der Waals surface area contributed by atoms with Crippen molar-refractivity contribution in [3.63, 3.8) is 0 Å². The van der Waals surface area contributed by atoms with Gasteiger partial charge in [-0.2, -0.15) is 0 Å². The van der Waals surface area contributed by atoms with Crippen LogP contribution in [0.2, 0.25) is 0 Å². The van der Waals surface area contributed by atoms with Gasteiger partial charge in [0.15, 0.2) is 5.96 Å². The van der Waals surface area contributed by atoms with Gasteiger partial charge < -0.3 is 15.5 Å². The van der Waals surface area contributed by atoms with Gasteiger partial charge >= 0.3 is 0 Å². The highest BCUT2D eigenvalue weighted by molar-refractivity contribution is 5.79. The maximum Gasteiger partial charge on any atom is 0.191 e. The van der Waals surface area contributed by atoms with E-state index in [0.717, 1.165) is 37.5 Å². The summed E-state index contributed by atoms with van der Waals surface area (Å²) in [5.74, 6) is 0.718. The monoisotopic (exact) mass is 318 g/mol. The van der Waals surface area contributed by atoms with Crippen LogP contribution in [0.15, 0.2) is 29.3 Å². The minimum absolute atomic E-state index is 0.0624. The summed E-state index contributed by atoms with van der Waals surface area (Å²) in [6.45, 7) is 2.81. The van der Waals surface area contributed by atoms with E-state index in [1.807, 2.05) is 12.1 Å². The summed E-state index contributed by atoms with van der Waals surface area (Å²) in [5, 5.41) is 6.80. The SMILES string of the molecule is CN=C(NCC1CCCN1C)NCC1(c2ccccc2F)CC1. The summed E-state index contributed by atoms with van der Waals surface area (Å²) in [7, 11) is 3.96. The van der Waals surface area contributed by atoms with Crippen LogP contribution >= 0.6 is 0 Å². The Kier molecular flexibility index (Phi) is 4.85. The first kappa shape index (κ1) is 16.2. The van der Waals surface area contributed by atoms with Gasteiger partial charge in [0.1, 0.15) is 5.82 Å². The number of guanidine groups is 1. The van der Waals surface area contributed by atoms with Gasteiger partial charge in [0, 0.05) is 31.6 Å². The summed E-state index contributed by atoms with van der Waals surface area (Å²) in [4.78, 5) is 6.69. The summed E-state index contributed by atoms with van der Waals surface area (Å²) in [6, 6.07) is 7.71. The molecule has 2 N–H and O–H groups in total. The Hall–Kier alpha value is -1.62. The van der Waals surface area contributed by atoms with Crippen LogP contribution in [-0.4, -0.2) is 50.6 Å². The van der Waals surface area contributed by atoms with Crippen molar-refractivity contribution in [3.05, 3.63) is 35.6 Å². The number of nitrogens with zero attached hydrogens (tertiary/aromatic N) is 2. The van der Waals surface area contributed by atoms with E-state index in [1.54, 1.807) is 19.2 Å². The second-order valence-corrected chi connectivity index (χ2v) is 6.84. The summed E-state index contributed by atoms with van der Waals surface area (Å²) < 4.78 is 14.0. The number of hydrogen-bond acceptors (Lipinski definition) is 2. The Morgan fingerprint density at radius 1 is 1.35 bits per heavy atom. The zero-order valence-corrected chi connectivity index (χ0v) is 14.1. The molecule has 126 valence electrons. The predicted molar refractivity (Wildman–Crippen MR) is 92.3 cm³/mol. The van der Waals surface area contributed by atoms with E-state index in [9.17, 15) is 4.39 Å². The number of nitrogens with one attached hydrogen (secondary N) is 2. The van der Waals surface area contributed by atoms with Gasteiger partial charge in [-0.05, 0) is 50.9 Å². The predicted octanol–water partition coefficient (Wildman–Crippen LogP) is 2.12. The van der Waals surface area contributed by atoms with E-state index < -0.39 is 0 Å². The van der Waals surface area contributed by atoms with Gasteiger partial charge in [0.25, 0.3) is 0 Å². The molecule has 0 bridgehead atoms. The molecule has 1 unspecified atom stereocenters. The van der Waals surface area contributed by atoms with Crippen LogP contribution in [0.3, 0.4) is 0 Å². The number of hydrogen-bond donors (Lipinski definition) is 2. The molecule has 1 aromatic carbocycles. The molecule has 0 radical (unpaired) electrons. The molecular weight excluding hydrogens is 291 g/mol. The molecular formula is C18H27FN4. The van der Waals surface area contributed by atoms with Crippen LogP contribution in [0.5, 0.6) is 0 Å². The van der Waals surface area contributed by atoms with Crippen LogP contribution in [0.25, 0.3) is 0 Å². The molecule has 0 amide bonds. The molecule has 1 aliphatic carbocycles. The van der Waals surface area contributed by atoms with Crippen molar-refractivity contribution < 1.29 is 4.39 Å². The Labute approximate surface area is 138 Å². The molecule has 2 fully saturated rings. The van der Waals surface area contributed by atoms with Gasteiger partial charge in [0.05, 0.1) is 0 Å². The maximum absolute atomic E-state index is 14.0. The van der Waals surface area contributed by atoms with Crippen LogP contribution < -0.4 is 10.6 Å². The molecule has 1 saturated heterocycles. The standard InChI is InChI=1S/C18H27FN4/c1-20-17(21-12-14-6-5-11-23(14)2)22-13-18(9-10-18)15-7-3-4-8-16(15)19/h3-4,7-8,14H,5-6,9-13H2,1-2H3,(H2,20,21,22). The fourth-order valence-corrected chi connectivity index (χ4v) is 3.51. The molecule has 5 heteroatoms. The lowest BCUT2D eigenvalue weighted by molar-refractivity contribution is 0.309. The Morgan fingerprint density at radius 2 is 2.13 bits per heavy atom. The van der Waals surface area contributed by atoms with Gasteiger partial charge in [0.2, 0.25) is 0 Å². The van der Waals surface area contributed by atoms with E-state index in [1.165, 1.54) is 19.4 Å². The molecule has 0 aromatic heterocycles. The van der Waals surface area contributed by atoms with Crippen molar-refractivity contribution in [3.8, 4) is 0 Å². The molecule has 3 rings (SSSR count). The number of likely N-dealkylation sites (tertiary alicyclic amines) is 1. The minimum atomic E-state index is -0.0951. The Morgan fingerprint density at radius 3 is 2.74 bits per heavy atom. The number of aliphatic imine (C=N–C) groups is 1. The van der Waals surface area contributed by atoms with E-state index >= 15 is 0 Å². The zero-order chi connectivity index (χ0) is 16.3. The molecule has 4 nitrogen and oxygen atoms in total. The van der Waals surface area contributed by atoms with Crippen molar-refractivity contribution >= 4 is 5.96 Å². The third-order valence-electron chi connectivity index (χ3n) is 5.29.